The fraction of sp³-hybridized carbons (Fsp3) is 0.556. The van der Waals surface area contributed by atoms with Crippen LogP contribution in [0.1, 0.15) is 22.8 Å². The van der Waals surface area contributed by atoms with E-state index >= 15 is 0 Å². The topological polar surface area (TPSA) is 56.1 Å². The van der Waals surface area contributed by atoms with E-state index in [1.54, 1.807) is 12.4 Å². The Kier molecular flexibility index (Phi) is 2.49. The normalized spacial score (nSPS) is 21.1. The standard InChI is InChI=1S/C9H13N3O2/c1-14-9(13)7-4-11-12(6-7)8-2-3-10-5-8/h4,6,8,10H,2-3,5H2,1H3. The van der Waals surface area contributed by atoms with Gasteiger partial charge in [-0.15, -0.1) is 0 Å². The minimum Gasteiger partial charge on any atom is -0.465 e. The first-order valence-corrected chi connectivity index (χ1v) is 4.64. The van der Waals surface area contributed by atoms with Gasteiger partial charge < -0.3 is 10.1 Å². The second kappa shape index (κ2) is 3.79. The van der Waals surface area contributed by atoms with E-state index in [1.165, 1.54) is 7.11 Å². The van der Waals surface area contributed by atoms with Gasteiger partial charge in [-0.3, -0.25) is 4.68 Å². The highest BCUT2D eigenvalue weighted by Crippen LogP contribution is 2.14. The lowest BCUT2D eigenvalue weighted by atomic mass is 10.3. The molecule has 1 N–H and O–H groups in total. The van der Waals surface area contributed by atoms with Crippen molar-refractivity contribution in [3.63, 3.8) is 0 Å². The summed E-state index contributed by atoms with van der Waals surface area (Å²) in [5.41, 5.74) is 0.513. The Balaban J connectivity index is 2.12. The number of methoxy groups -OCH3 is 1. The van der Waals surface area contributed by atoms with E-state index in [0.717, 1.165) is 19.5 Å². The Morgan fingerprint density at radius 3 is 3.29 bits per heavy atom. The van der Waals surface area contributed by atoms with E-state index in [4.69, 9.17) is 0 Å². The van der Waals surface area contributed by atoms with Crippen molar-refractivity contribution in [3.05, 3.63) is 18.0 Å². The number of carbonyl (C=O) groups excluding carboxylic acids is 1. The average molecular weight is 195 g/mol. The highest BCUT2D eigenvalue weighted by atomic mass is 16.5. The summed E-state index contributed by atoms with van der Waals surface area (Å²) in [6, 6.07) is 0.369. The summed E-state index contributed by atoms with van der Waals surface area (Å²) in [5.74, 6) is -0.331. The van der Waals surface area contributed by atoms with E-state index in [1.807, 2.05) is 4.68 Å². The fourth-order valence-electron chi connectivity index (χ4n) is 1.63. The third-order valence-corrected chi connectivity index (χ3v) is 2.43. The molecule has 0 bridgehead atoms. The van der Waals surface area contributed by atoms with Crippen LogP contribution in [0.4, 0.5) is 0 Å². The molecule has 0 saturated carbocycles. The zero-order chi connectivity index (χ0) is 9.97. The summed E-state index contributed by atoms with van der Waals surface area (Å²) >= 11 is 0. The lowest BCUT2D eigenvalue weighted by molar-refractivity contribution is 0.0600. The van der Waals surface area contributed by atoms with Crippen molar-refractivity contribution in [1.29, 1.82) is 0 Å². The summed E-state index contributed by atoms with van der Waals surface area (Å²) in [4.78, 5) is 11.2. The highest BCUT2D eigenvalue weighted by molar-refractivity contribution is 5.88. The maximum atomic E-state index is 11.2. The van der Waals surface area contributed by atoms with Gasteiger partial charge in [0.15, 0.2) is 0 Å². The summed E-state index contributed by atoms with van der Waals surface area (Å²) in [6.45, 7) is 1.93. The van der Waals surface area contributed by atoms with Crippen LogP contribution >= 0.6 is 0 Å². The molecule has 1 unspecified atom stereocenters. The second-order valence-corrected chi connectivity index (χ2v) is 3.35. The fourth-order valence-corrected chi connectivity index (χ4v) is 1.63. The molecular formula is C9H13N3O2. The Bertz CT molecular complexity index is 329. The number of nitrogens with zero attached hydrogens (tertiary/aromatic N) is 2. The lowest BCUT2D eigenvalue weighted by Crippen LogP contribution is -2.13. The molecule has 0 amide bonds. The van der Waals surface area contributed by atoms with Crippen molar-refractivity contribution in [2.24, 2.45) is 0 Å². The number of nitrogens with one attached hydrogen (secondary N) is 1. The molecule has 5 nitrogen and oxygen atoms in total. The van der Waals surface area contributed by atoms with E-state index in [2.05, 4.69) is 15.2 Å². The molecular weight excluding hydrogens is 182 g/mol. The van der Waals surface area contributed by atoms with Gasteiger partial charge in [-0.25, -0.2) is 4.79 Å². The van der Waals surface area contributed by atoms with Gasteiger partial charge in [0, 0.05) is 12.7 Å². The zero-order valence-corrected chi connectivity index (χ0v) is 8.06. The van der Waals surface area contributed by atoms with E-state index in [-0.39, 0.29) is 5.97 Å². The quantitative estimate of drug-likeness (QED) is 0.685. The summed E-state index contributed by atoms with van der Waals surface area (Å²) in [7, 11) is 1.37. The molecule has 76 valence electrons. The molecule has 2 heterocycles. The molecule has 0 spiro atoms. The minimum absolute atomic E-state index is 0.331. The van der Waals surface area contributed by atoms with Crippen LogP contribution < -0.4 is 5.32 Å². The number of aromatic nitrogens is 2. The Hall–Kier alpha value is -1.36. The van der Waals surface area contributed by atoms with Crippen LogP contribution in [0, 0.1) is 0 Å². The lowest BCUT2D eigenvalue weighted by Gasteiger charge is -2.07. The third-order valence-electron chi connectivity index (χ3n) is 2.43. The van der Waals surface area contributed by atoms with E-state index < -0.39 is 0 Å². The predicted molar refractivity (Wildman–Crippen MR) is 50.1 cm³/mol. The number of esters is 1. The van der Waals surface area contributed by atoms with Gasteiger partial charge in [0.1, 0.15) is 0 Å². The van der Waals surface area contributed by atoms with Gasteiger partial charge in [0.2, 0.25) is 0 Å². The molecule has 1 atom stereocenters. The zero-order valence-electron chi connectivity index (χ0n) is 8.06. The first-order valence-electron chi connectivity index (χ1n) is 4.64. The highest BCUT2D eigenvalue weighted by Gasteiger charge is 2.18. The molecule has 0 aromatic carbocycles. The van der Waals surface area contributed by atoms with Crippen molar-refractivity contribution in [3.8, 4) is 0 Å². The van der Waals surface area contributed by atoms with Crippen LogP contribution in [0.2, 0.25) is 0 Å². The molecule has 5 heteroatoms. The first kappa shape index (κ1) is 9.21. The third kappa shape index (κ3) is 1.63. The molecule has 1 saturated heterocycles. The van der Waals surface area contributed by atoms with Gasteiger partial charge in [0.05, 0.1) is 24.9 Å². The van der Waals surface area contributed by atoms with Crippen LogP contribution in [0.25, 0.3) is 0 Å². The van der Waals surface area contributed by atoms with Crippen LogP contribution in [-0.2, 0) is 4.74 Å². The minimum atomic E-state index is -0.331. The molecule has 1 aliphatic heterocycles. The van der Waals surface area contributed by atoms with Gasteiger partial charge in [0.25, 0.3) is 0 Å². The summed E-state index contributed by atoms with van der Waals surface area (Å²) < 4.78 is 6.43. The maximum absolute atomic E-state index is 11.2. The molecule has 0 aliphatic carbocycles. The van der Waals surface area contributed by atoms with E-state index in [9.17, 15) is 4.79 Å². The maximum Gasteiger partial charge on any atom is 0.341 e. The van der Waals surface area contributed by atoms with E-state index in [0.29, 0.717) is 11.6 Å². The second-order valence-electron chi connectivity index (χ2n) is 3.35. The van der Waals surface area contributed by atoms with Gasteiger partial charge in [-0.1, -0.05) is 0 Å². The number of rotatable bonds is 2. The predicted octanol–water partition coefficient (Wildman–Crippen LogP) is 0.204. The SMILES string of the molecule is COC(=O)c1cnn(C2CCNC2)c1. The Morgan fingerprint density at radius 2 is 2.64 bits per heavy atom. The monoisotopic (exact) mass is 195 g/mol. The van der Waals surface area contributed by atoms with Gasteiger partial charge in [-0.2, -0.15) is 5.10 Å². The number of hydrogen-bond acceptors (Lipinski definition) is 4. The molecule has 2 rings (SSSR count). The van der Waals surface area contributed by atoms with Gasteiger partial charge in [-0.05, 0) is 13.0 Å². The Labute approximate surface area is 82.0 Å². The van der Waals surface area contributed by atoms with Crippen molar-refractivity contribution in [1.82, 2.24) is 15.1 Å². The molecule has 0 radical (unpaired) electrons. The van der Waals surface area contributed by atoms with Gasteiger partial charge >= 0.3 is 5.97 Å². The number of ether oxygens (including phenoxy) is 1. The first-order chi connectivity index (χ1) is 6.81. The molecule has 1 fully saturated rings. The molecule has 1 aliphatic rings. The van der Waals surface area contributed by atoms with Crippen LogP contribution in [0.3, 0.4) is 0 Å². The smallest absolute Gasteiger partial charge is 0.341 e. The molecule has 1 aromatic rings. The molecule has 1 aromatic heterocycles. The summed E-state index contributed by atoms with van der Waals surface area (Å²) in [5, 5.41) is 7.39. The van der Waals surface area contributed by atoms with Crippen molar-refractivity contribution < 1.29 is 9.53 Å². The van der Waals surface area contributed by atoms with Crippen LogP contribution in [-0.4, -0.2) is 35.9 Å². The van der Waals surface area contributed by atoms with Crippen molar-refractivity contribution in [2.45, 2.75) is 12.5 Å². The average Bonchev–Trinajstić information content (AvgIpc) is 2.86. The Morgan fingerprint density at radius 1 is 1.79 bits per heavy atom. The number of carbonyl (C=O) groups is 1. The van der Waals surface area contributed by atoms with Crippen LogP contribution in [0.5, 0.6) is 0 Å². The number of hydrogen-bond donors (Lipinski definition) is 1. The van der Waals surface area contributed by atoms with Crippen molar-refractivity contribution >= 4 is 5.97 Å². The largest absolute Gasteiger partial charge is 0.465 e. The summed E-state index contributed by atoms with van der Waals surface area (Å²) in [6.07, 6.45) is 4.34. The van der Waals surface area contributed by atoms with Crippen molar-refractivity contribution in [2.75, 3.05) is 20.2 Å². The molecule has 14 heavy (non-hydrogen) atoms. The van der Waals surface area contributed by atoms with Crippen LogP contribution in [0.15, 0.2) is 12.4 Å².